The molecule has 15 heavy (non-hydrogen) atoms. The number of pyridine rings is 1. The van der Waals surface area contributed by atoms with Gasteiger partial charge in [0, 0.05) is 11.3 Å². The second-order valence-electron chi connectivity index (χ2n) is 3.40. The quantitative estimate of drug-likeness (QED) is 0.772. The van der Waals surface area contributed by atoms with Gasteiger partial charge in [-0.25, -0.2) is 4.39 Å². The minimum Gasteiger partial charge on any atom is -0.397 e. The highest BCUT2D eigenvalue weighted by Crippen LogP contribution is 2.24. The number of anilines is 1. The van der Waals surface area contributed by atoms with Crippen LogP contribution in [0.4, 0.5) is 10.1 Å². The summed E-state index contributed by atoms with van der Waals surface area (Å²) in [5.41, 5.74) is 8.55. The Morgan fingerprint density at radius 2 is 2.00 bits per heavy atom. The van der Waals surface area contributed by atoms with E-state index >= 15 is 0 Å². The molecule has 1 heterocycles. The van der Waals surface area contributed by atoms with Crippen molar-refractivity contribution in [1.82, 2.24) is 4.98 Å². The molecule has 0 radical (unpaired) electrons. The van der Waals surface area contributed by atoms with Crippen LogP contribution < -0.4 is 5.73 Å². The van der Waals surface area contributed by atoms with E-state index in [2.05, 4.69) is 4.98 Å². The largest absolute Gasteiger partial charge is 0.397 e. The fraction of sp³-hybridized carbons (Fsp3) is 0.0833. The van der Waals surface area contributed by atoms with E-state index in [1.807, 2.05) is 13.0 Å². The predicted molar refractivity (Wildman–Crippen MR) is 58.8 cm³/mol. The number of hydrogen-bond donors (Lipinski definition) is 1. The maximum atomic E-state index is 13.0. The zero-order valence-electron chi connectivity index (χ0n) is 8.37. The summed E-state index contributed by atoms with van der Waals surface area (Å²) in [7, 11) is 0. The third-order valence-corrected chi connectivity index (χ3v) is 2.16. The molecule has 76 valence electrons. The SMILES string of the molecule is Cc1ccc(N)c(-c2cccc(F)c2)n1. The summed E-state index contributed by atoms with van der Waals surface area (Å²) in [5.74, 6) is -0.282. The smallest absolute Gasteiger partial charge is 0.123 e. The van der Waals surface area contributed by atoms with Crippen LogP contribution in [0.15, 0.2) is 36.4 Å². The van der Waals surface area contributed by atoms with Gasteiger partial charge in [0.2, 0.25) is 0 Å². The summed E-state index contributed by atoms with van der Waals surface area (Å²) >= 11 is 0. The average molecular weight is 202 g/mol. The lowest BCUT2D eigenvalue weighted by Gasteiger charge is -2.05. The van der Waals surface area contributed by atoms with Gasteiger partial charge in [-0.3, -0.25) is 4.98 Å². The number of aryl methyl sites for hydroxylation is 1. The highest BCUT2D eigenvalue weighted by atomic mass is 19.1. The van der Waals surface area contributed by atoms with Gasteiger partial charge in [0.15, 0.2) is 0 Å². The van der Waals surface area contributed by atoms with Crippen molar-refractivity contribution in [3.05, 3.63) is 47.9 Å². The molecule has 1 aromatic carbocycles. The maximum absolute atomic E-state index is 13.0. The van der Waals surface area contributed by atoms with Crippen LogP contribution in [0.2, 0.25) is 0 Å². The summed E-state index contributed by atoms with van der Waals surface area (Å²) in [5, 5.41) is 0. The van der Waals surface area contributed by atoms with Crippen LogP contribution in [0, 0.1) is 12.7 Å². The van der Waals surface area contributed by atoms with E-state index < -0.39 is 0 Å². The second kappa shape index (κ2) is 3.69. The molecule has 0 bridgehead atoms. The van der Waals surface area contributed by atoms with Gasteiger partial charge in [-0.1, -0.05) is 12.1 Å². The molecule has 2 N–H and O–H groups in total. The zero-order valence-corrected chi connectivity index (χ0v) is 8.37. The van der Waals surface area contributed by atoms with Crippen molar-refractivity contribution in [3.63, 3.8) is 0 Å². The Kier molecular flexibility index (Phi) is 2.37. The molecule has 0 aliphatic carbocycles. The standard InChI is InChI=1S/C12H11FN2/c1-8-5-6-11(14)12(15-8)9-3-2-4-10(13)7-9/h2-7H,14H2,1H3. The van der Waals surface area contributed by atoms with Gasteiger partial charge in [0.25, 0.3) is 0 Å². The third-order valence-electron chi connectivity index (χ3n) is 2.16. The molecule has 0 amide bonds. The second-order valence-corrected chi connectivity index (χ2v) is 3.40. The molecule has 0 spiro atoms. The van der Waals surface area contributed by atoms with Gasteiger partial charge in [-0.05, 0) is 31.2 Å². The van der Waals surface area contributed by atoms with E-state index in [4.69, 9.17) is 5.73 Å². The number of nitrogens with zero attached hydrogens (tertiary/aromatic N) is 1. The fourth-order valence-corrected chi connectivity index (χ4v) is 1.43. The normalized spacial score (nSPS) is 10.3. The molecule has 0 aliphatic heterocycles. The monoisotopic (exact) mass is 202 g/mol. The molecule has 0 atom stereocenters. The van der Waals surface area contributed by atoms with Gasteiger partial charge < -0.3 is 5.73 Å². The number of nitrogens with two attached hydrogens (primary N) is 1. The summed E-state index contributed by atoms with van der Waals surface area (Å²) in [6.45, 7) is 1.88. The van der Waals surface area contributed by atoms with Crippen LogP contribution >= 0.6 is 0 Å². The van der Waals surface area contributed by atoms with Crippen LogP contribution in [-0.4, -0.2) is 4.98 Å². The fourth-order valence-electron chi connectivity index (χ4n) is 1.43. The molecule has 0 saturated carbocycles. The molecule has 3 heteroatoms. The number of benzene rings is 1. The first-order valence-corrected chi connectivity index (χ1v) is 4.66. The van der Waals surface area contributed by atoms with E-state index in [1.54, 1.807) is 18.2 Å². The van der Waals surface area contributed by atoms with E-state index in [0.717, 1.165) is 5.69 Å². The molecular weight excluding hydrogens is 191 g/mol. The van der Waals surface area contributed by atoms with Crippen molar-refractivity contribution < 1.29 is 4.39 Å². The Morgan fingerprint density at radius 3 is 2.73 bits per heavy atom. The zero-order chi connectivity index (χ0) is 10.8. The molecule has 1 aromatic heterocycles. The van der Waals surface area contributed by atoms with E-state index in [-0.39, 0.29) is 5.82 Å². The van der Waals surface area contributed by atoms with E-state index in [0.29, 0.717) is 16.9 Å². The Bertz CT molecular complexity index is 495. The first kappa shape index (κ1) is 9.65. The lowest BCUT2D eigenvalue weighted by molar-refractivity contribution is 0.628. The van der Waals surface area contributed by atoms with Crippen LogP contribution in [0.5, 0.6) is 0 Å². The van der Waals surface area contributed by atoms with Crippen molar-refractivity contribution in [2.24, 2.45) is 0 Å². The van der Waals surface area contributed by atoms with Crippen LogP contribution in [0.3, 0.4) is 0 Å². The first-order valence-electron chi connectivity index (χ1n) is 4.66. The molecule has 0 unspecified atom stereocenters. The van der Waals surface area contributed by atoms with Crippen molar-refractivity contribution in [3.8, 4) is 11.3 Å². The van der Waals surface area contributed by atoms with Gasteiger partial charge in [0.05, 0.1) is 11.4 Å². The Morgan fingerprint density at radius 1 is 1.20 bits per heavy atom. The summed E-state index contributed by atoms with van der Waals surface area (Å²) in [6, 6.07) is 9.88. The highest BCUT2D eigenvalue weighted by Gasteiger charge is 2.05. The molecule has 0 aliphatic rings. The first-order chi connectivity index (χ1) is 7.16. The predicted octanol–water partition coefficient (Wildman–Crippen LogP) is 2.78. The Labute approximate surface area is 87.6 Å². The van der Waals surface area contributed by atoms with E-state index in [1.165, 1.54) is 12.1 Å². The Balaban J connectivity index is 2.58. The average Bonchev–Trinajstić information content (AvgIpc) is 2.22. The van der Waals surface area contributed by atoms with Gasteiger partial charge >= 0.3 is 0 Å². The molecule has 0 fully saturated rings. The van der Waals surface area contributed by atoms with Gasteiger partial charge in [0.1, 0.15) is 5.82 Å². The lowest BCUT2D eigenvalue weighted by atomic mass is 10.1. The number of nitrogen functional groups attached to an aromatic ring is 1. The van der Waals surface area contributed by atoms with Gasteiger partial charge in [-0.2, -0.15) is 0 Å². The topological polar surface area (TPSA) is 38.9 Å². The number of hydrogen-bond acceptors (Lipinski definition) is 2. The molecule has 2 rings (SSSR count). The minimum absolute atomic E-state index is 0.282. The van der Waals surface area contributed by atoms with Crippen molar-refractivity contribution >= 4 is 5.69 Å². The highest BCUT2D eigenvalue weighted by molar-refractivity contribution is 5.72. The molecular formula is C12H11FN2. The van der Waals surface area contributed by atoms with Crippen LogP contribution in [0.25, 0.3) is 11.3 Å². The molecule has 2 nitrogen and oxygen atoms in total. The van der Waals surface area contributed by atoms with Crippen molar-refractivity contribution in [2.45, 2.75) is 6.92 Å². The summed E-state index contributed by atoms with van der Waals surface area (Å²) < 4.78 is 13.0. The van der Waals surface area contributed by atoms with Crippen LogP contribution in [-0.2, 0) is 0 Å². The number of aromatic nitrogens is 1. The van der Waals surface area contributed by atoms with Gasteiger partial charge in [-0.15, -0.1) is 0 Å². The minimum atomic E-state index is -0.282. The lowest BCUT2D eigenvalue weighted by Crippen LogP contribution is -1.95. The number of rotatable bonds is 1. The molecule has 0 saturated heterocycles. The number of halogens is 1. The van der Waals surface area contributed by atoms with Crippen molar-refractivity contribution in [2.75, 3.05) is 5.73 Å². The Hall–Kier alpha value is -1.90. The maximum Gasteiger partial charge on any atom is 0.123 e. The van der Waals surface area contributed by atoms with E-state index in [9.17, 15) is 4.39 Å². The summed E-state index contributed by atoms with van der Waals surface area (Å²) in [6.07, 6.45) is 0. The third kappa shape index (κ3) is 1.96. The molecule has 2 aromatic rings. The summed E-state index contributed by atoms with van der Waals surface area (Å²) in [4.78, 5) is 4.29. The van der Waals surface area contributed by atoms with Crippen molar-refractivity contribution in [1.29, 1.82) is 0 Å². The van der Waals surface area contributed by atoms with Crippen LogP contribution in [0.1, 0.15) is 5.69 Å².